The van der Waals surface area contributed by atoms with Gasteiger partial charge in [-0.15, -0.1) is 0 Å². The first-order valence-corrected chi connectivity index (χ1v) is 4.42. The Labute approximate surface area is 81.0 Å². The van der Waals surface area contributed by atoms with Crippen molar-refractivity contribution in [2.45, 2.75) is 26.2 Å². The Hall–Kier alpha value is -0.700. The predicted octanol–water partition coefficient (Wildman–Crippen LogP) is 0.976. The first-order valence-electron chi connectivity index (χ1n) is 4.42. The molecule has 0 rings (SSSR count). The molecule has 0 aliphatic carbocycles. The van der Waals surface area contributed by atoms with Gasteiger partial charge in [0.05, 0.1) is 6.01 Å². The topological polar surface area (TPSA) is 31.2 Å². The quantitative estimate of drug-likeness (QED) is 0.610. The van der Waals surface area contributed by atoms with Gasteiger partial charge in [0, 0.05) is 0 Å². The molecule has 0 saturated heterocycles. The molecule has 0 aromatic heterocycles. The van der Waals surface area contributed by atoms with Crippen LogP contribution in [0, 0.1) is 0 Å². The fourth-order valence-electron chi connectivity index (χ4n) is 0.431. The second kappa shape index (κ2) is 5.86. The van der Waals surface area contributed by atoms with Gasteiger partial charge in [0.15, 0.2) is 0 Å². The maximum Gasteiger partial charge on any atom is 0.110 e. The summed E-state index contributed by atoms with van der Waals surface area (Å²) in [5.74, 6) is 0. The number of hydrogen-bond donors (Lipinski definition) is 0. The lowest BCUT2D eigenvalue weighted by molar-refractivity contribution is 0.319. The summed E-state index contributed by atoms with van der Waals surface area (Å²) in [6.45, 7) is 4.01. The summed E-state index contributed by atoms with van der Waals surface area (Å²) in [6.07, 6.45) is 0.274. The molecule has 76 valence electrons. The summed E-state index contributed by atoms with van der Waals surface area (Å²) in [5, 5.41) is 0. The lowest BCUT2D eigenvalue weighted by Gasteiger charge is -2.14. The van der Waals surface area contributed by atoms with Gasteiger partial charge in [-0.1, -0.05) is 0 Å². The zero-order valence-electron chi connectivity index (χ0n) is 9.44. The van der Waals surface area contributed by atoms with Crippen LogP contribution in [0.1, 0.15) is 13.8 Å². The van der Waals surface area contributed by atoms with E-state index in [0.29, 0.717) is 0 Å². The molecule has 0 N–H and O–H groups in total. The second-order valence-corrected chi connectivity index (χ2v) is 3.55. The van der Waals surface area contributed by atoms with E-state index in [1.54, 1.807) is 0 Å². The highest BCUT2D eigenvalue weighted by Gasteiger charge is 2.00. The van der Waals surface area contributed by atoms with Gasteiger partial charge < -0.3 is 0 Å². The Morgan fingerprint density at radius 2 is 1.15 bits per heavy atom. The van der Waals surface area contributed by atoms with Crippen molar-refractivity contribution in [3.63, 3.8) is 0 Å². The predicted molar refractivity (Wildman–Crippen MR) is 56.2 cm³/mol. The van der Waals surface area contributed by atoms with Crippen molar-refractivity contribution in [1.29, 1.82) is 0 Å². The molecule has 0 fully saturated rings. The molecule has 13 heavy (non-hydrogen) atoms. The average molecular weight is 184 g/mol. The van der Waals surface area contributed by atoms with Gasteiger partial charge >= 0.3 is 0 Å². The maximum absolute atomic E-state index is 4.13. The molecule has 0 heterocycles. The van der Waals surface area contributed by atoms with Gasteiger partial charge in [0.1, 0.15) is 12.3 Å². The first kappa shape index (κ1) is 12.3. The van der Waals surface area contributed by atoms with Crippen molar-refractivity contribution in [1.82, 2.24) is 9.80 Å². The van der Waals surface area contributed by atoms with Crippen molar-refractivity contribution >= 4 is 6.01 Å². The minimum atomic E-state index is 0.137. The minimum Gasteiger partial charge on any atom is -0.288 e. The summed E-state index contributed by atoms with van der Waals surface area (Å²) in [4.78, 5) is 12.3. The minimum absolute atomic E-state index is 0.137. The molecular formula is C9H20N4. The van der Waals surface area contributed by atoms with Gasteiger partial charge in [0.2, 0.25) is 0 Å². The van der Waals surface area contributed by atoms with E-state index in [1.165, 1.54) is 0 Å². The van der Waals surface area contributed by atoms with Crippen LogP contribution in [0.15, 0.2) is 9.98 Å². The summed E-state index contributed by atoms with van der Waals surface area (Å²) >= 11 is 0. The third-order valence-electron chi connectivity index (χ3n) is 1.98. The van der Waals surface area contributed by atoms with E-state index in [2.05, 4.69) is 16.0 Å². The molecule has 0 aliphatic heterocycles. The standard InChI is InChI=1S/C9H20N4/c1-8(12(3)4)10-7-11-9(2)13(5)6/h8-9H,1-6H3. The van der Waals surface area contributed by atoms with Crippen LogP contribution in [-0.2, 0) is 0 Å². The molecule has 2 atom stereocenters. The highest BCUT2D eigenvalue weighted by atomic mass is 15.2. The van der Waals surface area contributed by atoms with Crippen LogP contribution < -0.4 is 0 Å². The average Bonchev–Trinajstić information content (AvgIpc) is 2.03. The molecule has 4 nitrogen and oxygen atoms in total. The molecule has 0 spiro atoms. The maximum atomic E-state index is 4.13. The molecule has 4 heteroatoms. The normalized spacial score (nSPS) is 15.4. The Bertz CT molecular complexity index is 174. The first-order chi connectivity index (χ1) is 5.95. The van der Waals surface area contributed by atoms with Crippen molar-refractivity contribution in [3.8, 4) is 0 Å². The van der Waals surface area contributed by atoms with Crippen LogP contribution in [-0.4, -0.2) is 56.3 Å². The summed E-state index contributed by atoms with van der Waals surface area (Å²) in [5.41, 5.74) is 0. The van der Waals surface area contributed by atoms with Crippen LogP contribution in [0.5, 0.6) is 0 Å². The number of aliphatic imine (C=N–C) groups is 2. The Morgan fingerprint density at radius 1 is 0.846 bits per heavy atom. The molecule has 0 bridgehead atoms. The molecule has 0 aromatic rings. The van der Waals surface area contributed by atoms with Crippen molar-refractivity contribution < 1.29 is 0 Å². The van der Waals surface area contributed by atoms with Crippen molar-refractivity contribution in [3.05, 3.63) is 0 Å². The van der Waals surface area contributed by atoms with E-state index in [4.69, 9.17) is 0 Å². The number of hydrogen-bond acceptors (Lipinski definition) is 4. The summed E-state index contributed by atoms with van der Waals surface area (Å²) in [6, 6.07) is 2.71. The lowest BCUT2D eigenvalue weighted by Crippen LogP contribution is -2.23. The fourth-order valence-corrected chi connectivity index (χ4v) is 0.431. The van der Waals surface area contributed by atoms with Gasteiger partial charge in [-0.25, -0.2) is 9.98 Å². The fraction of sp³-hybridized carbons (Fsp3) is 0.889. The van der Waals surface area contributed by atoms with Crippen molar-refractivity contribution in [2.75, 3.05) is 28.2 Å². The largest absolute Gasteiger partial charge is 0.288 e. The number of nitrogens with zero attached hydrogens (tertiary/aromatic N) is 4. The van der Waals surface area contributed by atoms with Gasteiger partial charge in [-0.05, 0) is 42.0 Å². The highest BCUT2D eigenvalue weighted by molar-refractivity contribution is 5.41. The summed E-state index contributed by atoms with van der Waals surface area (Å²) < 4.78 is 0. The molecule has 2 unspecified atom stereocenters. The van der Waals surface area contributed by atoms with Crippen LogP contribution in [0.4, 0.5) is 0 Å². The van der Waals surface area contributed by atoms with Gasteiger partial charge in [-0.2, -0.15) is 0 Å². The van der Waals surface area contributed by atoms with E-state index < -0.39 is 0 Å². The molecular weight excluding hydrogens is 164 g/mol. The molecule has 0 amide bonds. The van der Waals surface area contributed by atoms with Crippen molar-refractivity contribution in [2.24, 2.45) is 9.98 Å². The molecule has 0 aliphatic rings. The van der Waals surface area contributed by atoms with E-state index in [1.807, 2.05) is 51.8 Å². The Morgan fingerprint density at radius 3 is 1.38 bits per heavy atom. The third kappa shape index (κ3) is 5.53. The van der Waals surface area contributed by atoms with E-state index in [9.17, 15) is 0 Å². The second-order valence-electron chi connectivity index (χ2n) is 3.55. The highest BCUT2D eigenvalue weighted by Crippen LogP contribution is 1.92. The van der Waals surface area contributed by atoms with E-state index >= 15 is 0 Å². The van der Waals surface area contributed by atoms with Gasteiger partial charge in [0.25, 0.3) is 0 Å². The molecule has 0 saturated carbocycles. The number of rotatable bonds is 4. The van der Waals surface area contributed by atoms with Crippen LogP contribution >= 0.6 is 0 Å². The van der Waals surface area contributed by atoms with E-state index in [-0.39, 0.29) is 12.3 Å². The monoisotopic (exact) mass is 184 g/mol. The van der Waals surface area contributed by atoms with Gasteiger partial charge in [-0.3, -0.25) is 9.80 Å². The van der Waals surface area contributed by atoms with Crippen LogP contribution in [0.3, 0.4) is 0 Å². The van der Waals surface area contributed by atoms with Crippen LogP contribution in [0.25, 0.3) is 0 Å². The third-order valence-corrected chi connectivity index (χ3v) is 1.98. The SMILES string of the molecule is CC(N=C=NC(C)N(C)C)N(C)C. The van der Waals surface area contributed by atoms with E-state index in [0.717, 1.165) is 0 Å². The zero-order chi connectivity index (χ0) is 10.4. The molecule has 0 aromatic carbocycles. The zero-order valence-corrected chi connectivity index (χ0v) is 9.44. The smallest absolute Gasteiger partial charge is 0.110 e. The summed E-state index contributed by atoms with van der Waals surface area (Å²) in [7, 11) is 7.91. The Balaban J connectivity index is 4.10. The Kier molecular flexibility index (Phi) is 5.55. The molecule has 0 radical (unpaired) electrons. The van der Waals surface area contributed by atoms with Crippen LogP contribution in [0.2, 0.25) is 0 Å². The lowest BCUT2D eigenvalue weighted by atomic mass is 10.5.